The van der Waals surface area contributed by atoms with Gasteiger partial charge in [0, 0.05) is 54.0 Å². The molecule has 0 spiro atoms. The molecule has 6 rings (SSSR count). The molecule has 2 aliphatic heterocycles. The molecule has 0 bridgehead atoms. The van der Waals surface area contributed by atoms with E-state index in [0.717, 1.165) is 43.4 Å². The first kappa shape index (κ1) is 23.9. The van der Waals surface area contributed by atoms with Gasteiger partial charge in [0.15, 0.2) is 0 Å². The number of methoxy groups -OCH3 is 1. The molecular weight excluding hydrogens is 469 g/mol. The van der Waals surface area contributed by atoms with Crippen molar-refractivity contribution in [1.82, 2.24) is 24.8 Å². The van der Waals surface area contributed by atoms with Crippen LogP contribution in [-0.4, -0.2) is 51.1 Å². The number of H-pyrrole nitrogens is 1. The second-order valence-corrected chi connectivity index (χ2v) is 10.1. The van der Waals surface area contributed by atoms with E-state index in [1.165, 1.54) is 35.9 Å². The fourth-order valence-electron chi connectivity index (χ4n) is 6.31. The monoisotopic (exact) mass is 501 g/mol. The molecule has 2 aliphatic rings. The number of halogens is 1. The largest absolute Gasteiger partial charge is 0.468 e. The minimum atomic E-state index is -0.404. The SMILES string of the molecule is COC(=O)C1Cc2c([nH]c3ccccc23)C2CC(NCCCn3ccnc3)CC(c3ccc(F)cc3)N12. The van der Waals surface area contributed by atoms with Gasteiger partial charge in [0.05, 0.1) is 19.5 Å². The van der Waals surface area contributed by atoms with Crippen molar-refractivity contribution in [1.29, 1.82) is 0 Å². The molecule has 192 valence electrons. The van der Waals surface area contributed by atoms with Crippen molar-refractivity contribution in [2.45, 2.75) is 56.4 Å². The van der Waals surface area contributed by atoms with Gasteiger partial charge in [-0.25, -0.2) is 9.37 Å². The second-order valence-electron chi connectivity index (χ2n) is 10.1. The van der Waals surface area contributed by atoms with Crippen LogP contribution >= 0.6 is 0 Å². The molecule has 4 aromatic rings. The molecule has 0 saturated carbocycles. The molecule has 8 heteroatoms. The molecule has 37 heavy (non-hydrogen) atoms. The number of ether oxygens (including phenoxy) is 1. The number of nitrogens with zero attached hydrogens (tertiary/aromatic N) is 3. The van der Waals surface area contributed by atoms with Gasteiger partial charge in [0.25, 0.3) is 0 Å². The third kappa shape index (κ3) is 4.55. The molecular formula is C29H32FN5O2. The van der Waals surface area contributed by atoms with Gasteiger partial charge in [-0.05, 0) is 55.1 Å². The molecule has 2 N–H and O–H groups in total. The van der Waals surface area contributed by atoms with Gasteiger partial charge < -0.3 is 19.6 Å². The average molecular weight is 502 g/mol. The lowest BCUT2D eigenvalue weighted by molar-refractivity contribution is -0.152. The van der Waals surface area contributed by atoms with Crippen molar-refractivity contribution in [3.63, 3.8) is 0 Å². The summed E-state index contributed by atoms with van der Waals surface area (Å²) in [5, 5.41) is 4.95. The van der Waals surface area contributed by atoms with Crippen molar-refractivity contribution >= 4 is 16.9 Å². The number of nitrogens with one attached hydrogen (secondary N) is 2. The predicted octanol–water partition coefficient (Wildman–Crippen LogP) is 4.53. The van der Waals surface area contributed by atoms with Crippen LogP contribution in [0.4, 0.5) is 4.39 Å². The van der Waals surface area contributed by atoms with E-state index in [0.29, 0.717) is 6.42 Å². The number of imidazole rings is 1. The number of esters is 1. The van der Waals surface area contributed by atoms with Crippen LogP contribution in [0.25, 0.3) is 10.9 Å². The Labute approximate surface area is 215 Å². The van der Waals surface area contributed by atoms with Crippen molar-refractivity contribution < 1.29 is 13.9 Å². The van der Waals surface area contributed by atoms with E-state index in [-0.39, 0.29) is 29.9 Å². The summed E-state index contributed by atoms with van der Waals surface area (Å²) in [5.74, 6) is -0.480. The predicted molar refractivity (Wildman–Crippen MR) is 139 cm³/mol. The number of fused-ring (bicyclic) bond motifs is 5. The normalized spacial score (nSPS) is 23.5. The van der Waals surface area contributed by atoms with Crippen molar-refractivity contribution in [2.24, 2.45) is 0 Å². The summed E-state index contributed by atoms with van der Waals surface area (Å²) in [4.78, 5) is 23.3. The lowest BCUT2D eigenvalue weighted by atomic mass is 9.79. The van der Waals surface area contributed by atoms with Gasteiger partial charge >= 0.3 is 5.97 Å². The van der Waals surface area contributed by atoms with Crippen molar-refractivity contribution in [3.05, 3.63) is 89.9 Å². The number of hydrogen-bond acceptors (Lipinski definition) is 5. The molecule has 0 aliphatic carbocycles. The van der Waals surface area contributed by atoms with E-state index in [4.69, 9.17) is 4.74 Å². The lowest BCUT2D eigenvalue weighted by Gasteiger charge is -2.50. The number of carbonyl (C=O) groups is 1. The van der Waals surface area contributed by atoms with E-state index in [9.17, 15) is 9.18 Å². The topological polar surface area (TPSA) is 75.2 Å². The van der Waals surface area contributed by atoms with E-state index in [1.807, 2.05) is 36.8 Å². The van der Waals surface area contributed by atoms with Gasteiger partial charge in [-0.15, -0.1) is 0 Å². The average Bonchev–Trinajstić information content (AvgIpc) is 3.58. The molecule has 1 saturated heterocycles. The zero-order chi connectivity index (χ0) is 25.4. The first-order valence-electron chi connectivity index (χ1n) is 13.0. The summed E-state index contributed by atoms with van der Waals surface area (Å²) in [5.41, 5.74) is 4.49. The first-order chi connectivity index (χ1) is 18.1. The Morgan fingerprint density at radius 1 is 1.16 bits per heavy atom. The van der Waals surface area contributed by atoms with Gasteiger partial charge in [0.1, 0.15) is 11.9 Å². The van der Waals surface area contributed by atoms with Crippen LogP contribution in [0.1, 0.15) is 48.2 Å². The molecule has 0 radical (unpaired) electrons. The zero-order valence-electron chi connectivity index (χ0n) is 20.9. The summed E-state index contributed by atoms with van der Waals surface area (Å²) >= 11 is 0. The third-order valence-corrected chi connectivity index (χ3v) is 7.99. The highest BCUT2D eigenvalue weighted by molar-refractivity contribution is 5.87. The Kier molecular flexibility index (Phi) is 6.52. The summed E-state index contributed by atoms with van der Waals surface area (Å²) in [6.45, 7) is 1.79. The van der Waals surface area contributed by atoms with Crippen LogP contribution in [0.15, 0.2) is 67.3 Å². The molecule has 0 amide bonds. The number of aromatic nitrogens is 3. The van der Waals surface area contributed by atoms with Gasteiger partial charge in [-0.1, -0.05) is 30.3 Å². The summed E-state index contributed by atoms with van der Waals surface area (Å²) in [7, 11) is 1.46. The molecule has 2 aromatic heterocycles. The molecule has 2 aromatic carbocycles. The Balaban J connectivity index is 1.35. The number of para-hydroxylation sites is 1. The van der Waals surface area contributed by atoms with Gasteiger partial charge in [0.2, 0.25) is 0 Å². The van der Waals surface area contributed by atoms with E-state index >= 15 is 0 Å². The highest BCUT2D eigenvalue weighted by Crippen LogP contribution is 2.48. The molecule has 1 fully saturated rings. The number of carbonyl (C=O) groups excluding carboxylic acids is 1. The van der Waals surface area contributed by atoms with Gasteiger partial charge in [-0.2, -0.15) is 0 Å². The molecule has 4 unspecified atom stereocenters. The molecule has 7 nitrogen and oxygen atoms in total. The van der Waals surface area contributed by atoms with Crippen molar-refractivity contribution in [2.75, 3.05) is 13.7 Å². The van der Waals surface area contributed by atoms with Crippen LogP contribution in [0.3, 0.4) is 0 Å². The van der Waals surface area contributed by atoms with E-state index < -0.39 is 6.04 Å². The minimum absolute atomic E-state index is 0.00945. The second kappa shape index (κ2) is 10.1. The maximum absolute atomic E-state index is 13.8. The van der Waals surface area contributed by atoms with Crippen LogP contribution < -0.4 is 5.32 Å². The fourth-order valence-corrected chi connectivity index (χ4v) is 6.31. The van der Waals surface area contributed by atoms with Gasteiger partial charge in [-0.3, -0.25) is 9.69 Å². The maximum Gasteiger partial charge on any atom is 0.323 e. The Hall–Kier alpha value is -3.49. The van der Waals surface area contributed by atoms with E-state index in [1.54, 1.807) is 6.20 Å². The standard InChI is InChI=1S/C29H32FN5O2/c1-37-29(36)27-17-23-22-5-2-3-6-24(22)33-28(23)26-16-21(32-11-4-13-34-14-12-31-18-34)15-25(35(26)27)19-7-9-20(30)10-8-19/h2-3,5-10,12,14,18,21,25-27,32-33H,4,11,13,15-17H2,1H3. The number of aryl methyl sites for hydroxylation is 1. The van der Waals surface area contributed by atoms with E-state index in [2.05, 4.69) is 36.9 Å². The Morgan fingerprint density at radius 3 is 2.76 bits per heavy atom. The number of hydrogen-bond donors (Lipinski definition) is 2. The van der Waals surface area contributed by atoms with Crippen molar-refractivity contribution in [3.8, 4) is 0 Å². The fraction of sp³-hybridized carbons (Fsp3) is 0.379. The smallest absolute Gasteiger partial charge is 0.323 e. The highest BCUT2D eigenvalue weighted by Gasteiger charge is 2.48. The quantitative estimate of drug-likeness (QED) is 0.288. The third-order valence-electron chi connectivity index (χ3n) is 7.99. The number of aromatic amines is 1. The first-order valence-corrected chi connectivity index (χ1v) is 13.0. The Morgan fingerprint density at radius 2 is 1.97 bits per heavy atom. The highest BCUT2D eigenvalue weighted by atomic mass is 19.1. The number of benzene rings is 2. The van der Waals surface area contributed by atoms with Crippen LogP contribution in [0, 0.1) is 5.82 Å². The van der Waals surface area contributed by atoms with Crippen LogP contribution in [0.5, 0.6) is 0 Å². The Bertz CT molecular complexity index is 1370. The summed E-state index contributed by atoms with van der Waals surface area (Å²) < 4.78 is 21.3. The zero-order valence-corrected chi connectivity index (χ0v) is 20.9. The molecule has 4 atom stereocenters. The minimum Gasteiger partial charge on any atom is -0.468 e. The lowest BCUT2D eigenvalue weighted by Crippen LogP contribution is -2.55. The number of rotatable bonds is 7. The summed E-state index contributed by atoms with van der Waals surface area (Å²) in [6, 6.07) is 14.8. The maximum atomic E-state index is 13.8. The van der Waals surface area contributed by atoms with Crippen LogP contribution in [0.2, 0.25) is 0 Å². The number of piperidine rings is 1. The summed E-state index contributed by atoms with van der Waals surface area (Å²) in [6.07, 6.45) is 8.90. The molecule has 4 heterocycles. The van der Waals surface area contributed by atoms with Crippen LogP contribution in [-0.2, 0) is 22.5 Å².